The highest BCUT2D eigenvalue weighted by molar-refractivity contribution is 7.90. The summed E-state index contributed by atoms with van der Waals surface area (Å²) in [6.45, 7) is 4.99. The zero-order chi connectivity index (χ0) is 27.0. The highest BCUT2D eigenvalue weighted by atomic mass is 32.2. The van der Waals surface area contributed by atoms with Crippen LogP contribution in [0.1, 0.15) is 6.92 Å². The molecule has 2 aromatic carbocycles. The van der Waals surface area contributed by atoms with Crippen LogP contribution in [0.2, 0.25) is 0 Å². The molecule has 0 spiro atoms. The van der Waals surface area contributed by atoms with E-state index in [-0.39, 0.29) is 34.3 Å². The standard InChI is InChI=1S/C26H26F2N6O3S/c1-3-34-24-16(12-20(25(34)35)19-14-18(38(2,36)37)5-6-21(19)27)15-30-26(32-24)31-17-4-7-23(22(28)13-17)33-10-8-29-9-11-33/h4-7,12-15,29H,3,8-11H2,1-2H3,(H,30,31,32). The summed E-state index contributed by atoms with van der Waals surface area (Å²) in [7, 11) is -3.61. The summed E-state index contributed by atoms with van der Waals surface area (Å²) in [6, 6.07) is 9.61. The molecule has 0 radical (unpaired) electrons. The Morgan fingerprint density at radius 2 is 1.79 bits per heavy atom. The maximum Gasteiger partial charge on any atom is 0.260 e. The summed E-state index contributed by atoms with van der Waals surface area (Å²) in [5.41, 5.74) is 0.622. The molecule has 0 atom stereocenters. The van der Waals surface area contributed by atoms with Crippen LogP contribution in [-0.4, -0.2) is 55.4 Å². The van der Waals surface area contributed by atoms with Crippen LogP contribution in [-0.2, 0) is 16.4 Å². The van der Waals surface area contributed by atoms with Gasteiger partial charge in [-0.1, -0.05) is 0 Å². The van der Waals surface area contributed by atoms with Crippen molar-refractivity contribution in [3.05, 3.63) is 70.6 Å². The van der Waals surface area contributed by atoms with Crippen molar-refractivity contribution in [1.29, 1.82) is 0 Å². The van der Waals surface area contributed by atoms with Crippen LogP contribution >= 0.6 is 0 Å². The minimum absolute atomic E-state index is 0.00256. The average molecular weight is 541 g/mol. The van der Waals surface area contributed by atoms with Gasteiger partial charge in [0.2, 0.25) is 5.95 Å². The summed E-state index contributed by atoms with van der Waals surface area (Å²) in [5.74, 6) is -0.931. The fourth-order valence-corrected chi connectivity index (χ4v) is 5.17. The molecule has 0 saturated carbocycles. The van der Waals surface area contributed by atoms with Gasteiger partial charge in [-0.3, -0.25) is 9.36 Å². The number of pyridine rings is 1. The van der Waals surface area contributed by atoms with Crippen molar-refractivity contribution in [3.63, 3.8) is 0 Å². The number of anilines is 3. The van der Waals surface area contributed by atoms with E-state index >= 15 is 0 Å². The van der Waals surface area contributed by atoms with Gasteiger partial charge < -0.3 is 15.5 Å². The Balaban J connectivity index is 1.51. The van der Waals surface area contributed by atoms with Gasteiger partial charge in [-0.25, -0.2) is 22.2 Å². The van der Waals surface area contributed by atoms with E-state index in [0.717, 1.165) is 50.6 Å². The number of rotatable bonds is 6. The number of sulfone groups is 1. The lowest BCUT2D eigenvalue weighted by Crippen LogP contribution is -2.43. The maximum atomic E-state index is 14.8. The molecule has 3 heterocycles. The molecule has 1 aliphatic rings. The lowest BCUT2D eigenvalue weighted by atomic mass is 10.1. The molecule has 0 bridgehead atoms. The summed E-state index contributed by atoms with van der Waals surface area (Å²) >= 11 is 0. The molecular weight excluding hydrogens is 514 g/mol. The van der Waals surface area contributed by atoms with Crippen LogP contribution in [0.5, 0.6) is 0 Å². The number of hydrogen-bond acceptors (Lipinski definition) is 8. The Kier molecular flexibility index (Phi) is 6.84. The van der Waals surface area contributed by atoms with Crippen molar-refractivity contribution in [2.24, 2.45) is 0 Å². The fraction of sp³-hybridized carbons (Fsp3) is 0.269. The smallest absolute Gasteiger partial charge is 0.260 e. The second kappa shape index (κ2) is 10.1. The zero-order valence-corrected chi connectivity index (χ0v) is 21.6. The van der Waals surface area contributed by atoms with Crippen molar-refractivity contribution < 1.29 is 17.2 Å². The van der Waals surface area contributed by atoms with Crippen LogP contribution < -0.4 is 21.1 Å². The van der Waals surface area contributed by atoms with Crippen molar-refractivity contribution in [2.75, 3.05) is 42.7 Å². The zero-order valence-electron chi connectivity index (χ0n) is 20.8. The average Bonchev–Trinajstić information content (AvgIpc) is 2.89. The van der Waals surface area contributed by atoms with Crippen molar-refractivity contribution in [2.45, 2.75) is 18.4 Å². The van der Waals surface area contributed by atoms with E-state index in [2.05, 4.69) is 20.6 Å². The molecule has 4 aromatic rings. The Bertz CT molecular complexity index is 1700. The van der Waals surface area contributed by atoms with Gasteiger partial charge in [0, 0.05) is 61.8 Å². The number of halogens is 2. The molecule has 12 heteroatoms. The Labute approximate surface area is 218 Å². The monoisotopic (exact) mass is 540 g/mol. The van der Waals surface area contributed by atoms with Crippen LogP contribution in [0, 0.1) is 11.6 Å². The lowest BCUT2D eigenvalue weighted by Gasteiger charge is -2.29. The summed E-state index contributed by atoms with van der Waals surface area (Å²) in [6.07, 6.45) is 2.49. The van der Waals surface area contributed by atoms with E-state index in [9.17, 15) is 22.0 Å². The quantitative estimate of drug-likeness (QED) is 0.359. The van der Waals surface area contributed by atoms with Crippen molar-refractivity contribution in [1.82, 2.24) is 19.9 Å². The number of aryl methyl sites for hydroxylation is 1. The highest BCUT2D eigenvalue weighted by Crippen LogP contribution is 2.28. The second-order valence-corrected chi connectivity index (χ2v) is 11.0. The SMILES string of the molecule is CCn1c(=O)c(-c2cc(S(C)(=O)=O)ccc2F)cc2cnc(Nc3ccc(N4CCNCC4)c(F)c3)nc21. The van der Waals surface area contributed by atoms with E-state index in [1.165, 1.54) is 22.9 Å². The minimum atomic E-state index is -3.61. The first-order valence-electron chi connectivity index (χ1n) is 12.1. The first-order chi connectivity index (χ1) is 18.2. The number of piperazine rings is 1. The maximum absolute atomic E-state index is 14.8. The number of nitrogens with zero attached hydrogens (tertiary/aromatic N) is 4. The summed E-state index contributed by atoms with van der Waals surface area (Å²) in [5, 5.41) is 6.68. The van der Waals surface area contributed by atoms with Gasteiger partial charge in [0.1, 0.15) is 17.3 Å². The predicted octanol–water partition coefficient (Wildman–Crippen LogP) is 3.31. The highest BCUT2D eigenvalue weighted by Gasteiger charge is 2.19. The molecule has 0 unspecified atom stereocenters. The normalized spacial score (nSPS) is 14.2. The molecule has 1 fully saturated rings. The topological polar surface area (TPSA) is 109 Å². The molecule has 9 nitrogen and oxygen atoms in total. The van der Waals surface area contributed by atoms with E-state index in [1.807, 2.05) is 4.90 Å². The van der Waals surface area contributed by atoms with Gasteiger partial charge in [0.25, 0.3) is 5.56 Å². The first-order valence-corrected chi connectivity index (χ1v) is 14.0. The third-order valence-electron chi connectivity index (χ3n) is 6.46. The summed E-state index contributed by atoms with van der Waals surface area (Å²) in [4.78, 5) is 24.0. The Morgan fingerprint density at radius 1 is 1.03 bits per heavy atom. The first kappa shape index (κ1) is 25.7. The van der Waals surface area contributed by atoms with Gasteiger partial charge >= 0.3 is 0 Å². The van der Waals surface area contributed by atoms with Gasteiger partial charge in [-0.15, -0.1) is 0 Å². The molecule has 2 aromatic heterocycles. The fourth-order valence-electron chi connectivity index (χ4n) is 4.52. The minimum Gasteiger partial charge on any atom is -0.367 e. The van der Waals surface area contributed by atoms with Gasteiger partial charge in [0.05, 0.1) is 16.1 Å². The molecule has 0 aliphatic carbocycles. The van der Waals surface area contributed by atoms with E-state index in [1.54, 1.807) is 19.1 Å². The predicted molar refractivity (Wildman–Crippen MR) is 143 cm³/mol. The van der Waals surface area contributed by atoms with Crippen molar-refractivity contribution >= 4 is 38.2 Å². The van der Waals surface area contributed by atoms with Crippen LogP contribution in [0.3, 0.4) is 0 Å². The lowest BCUT2D eigenvalue weighted by molar-refractivity contribution is 0.566. The second-order valence-electron chi connectivity index (χ2n) is 9.02. The van der Waals surface area contributed by atoms with Crippen LogP contribution in [0.15, 0.2) is 58.4 Å². The van der Waals surface area contributed by atoms with Crippen LogP contribution in [0.4, 0.5) is 26.1 Å². The summed E-state index contributed by atoms with van der Waals surface area (Å²) < 4.78 is 54.9. The number of aromatic nitrogens is 3. The molecule has 2 N–H and O–H groups in total. The van der Waals surface area contributed by atoms with Crippen molar-refractivity contribution in [3.8, 4) is 11.1 Å². The Hall–Kier alpha value is -3.90. The van der Waals surface area contributed by atoms with Crippen LogP contribution in [0.25, 0.3) is 22.2 Å². The van der Waals surface area contributed by atoms with E-state index in [0.29, 0.717) is 22.4 Å². The molecular formula is C26H26F2N6O3S. The molecule has 0 amide bonds. The van der Waals surface area contributed by atoms with Gasteiger partial charge in [-0.05, 0) is 49.4 Å². The largest absolute Gasteiger partial charge is 0.367 e. The number of nitrogens with one attached hydrogen (secondary N) is 2. The number of hydrogen-bond donors (Lipinski definition) is 2. The van der Waals surface area contributed by atoms with E-state index in [4.69, 9.17) is 0 Å². The Morgan fingerprint density at radius 3 is 2.47 bits per heavy atom. The third-order valence-corrected chi connectivity index (χ3v) is 7.57. The number of benzene rings is 2. The molecule has 1 aliphatic heterocycles. The molecule has 198 valence electrons. The van der Waals surface area contributed by atoms with Gasteiger partial charge in [0.15, 0.2) is 9.84 Å². The van der Waals surface area contributed by atoms with E-state index < -0.39 is 21.2 Å². The van der Waals surface area contributed by atoms with Gasteiger partial charge in [-0.2, -0.15) is 4.98 Å². The third kappa shape index (κ3) is 4.96. The molecule has 38 heavy (non-hydrogen) atoms. The molecule has 5 rings (SSSR count). The number of fused-ring (bicyclic) bond motifs is 1. The molecule has 1 saturated heterocycles.